The highest BCUT2D eigenvalue weighted by molar-refractivity contribution is 6.30. The molecule has 0 atom stereocenters. The van der Waals surface area contributed by atoms with E-state index in [-0.39, 0.29) is 0 Å². The summed E-state index contributed by atoms with van der Waals surface area (Å²) < 4.78 is 5.08. The molecule has 76 valence electrons. The fraction of sp³-hybridized carbons (Fsp3) is 0.273. The molecule has 0 saturated heterocycles. The van der Waals surface area contributed by atoms with Crippen molar-refractivity contribution in [2.45, 2.75) is 6.61 Å². The number of nitrogens with two attached hydrogens (primary N) is 1. The number of benzene rings is 1. The lowest BCUT2D eigenvalue weighted by Crippen LogP contribution is -1.94. The fourth-order valence-corrected chi connectivity index (χ4v) is 1.41. The molecule has 0 aliphatic rings. The molecule has 0 aliphatic heterocycles. The molecule has 0 spiro atoms. The van der Waals surface area contributed by atoms with Gasteiger partial charge in [0, 0.05) is 18.7 Å². The monoisotopic (exact) mass is 211 g/mol. The number of halogens is 1. The molecule has 14 heavy (non-hydrogen) atoms. The zero-order valence-electron chi connectivity index (χ0n) is 8.16. The molecule has 2 N–H and O–H groups in total. The van der Waals surface area contributed by atoms with E-state index in [0.717, 1.165) is 16.1 Å². The van der Waals surface area contributed by atoms with E-state index in [1.165, 1.54) is 0 Å². The Morgan fingerprint density at radius 3 is 2.93 bits per heavy atom. The molecule has 0 aromatic heterocycles. The number of methoxy groups -OCH3 is 1. The molecular weight excluding hydrogens is 198 g/mol. The molecule has 1 aromatic rings. The van der Waals surface area contributed by atoms with Gasteiger partial charge in [-0.2, -0.15) is 0 Å². The van der Waals surface area contributed by atoms with Gasteiger partial charge >= 0.3 is 0 Å². The highest BCUT2D eigenvalue weighted by Gasteiger charge is 1.99. The van der Waals surface area contributed by atoms with Gasteiger partial charge in [-0.1, -0.05) is 29.8 Å². The lowest BCUT2D eigenvalue weighted by molar-refractivity contribution is 0.185. The van der Waals surface area contributed by atoms with Gasteiger partial charge in [0.25, 0.3) is 0 Å². The van der Waals surface area contributed by atoms with E-state index >= 15 is 0 Å². The van der Waals surface area contributed by atoms with Crippen molar-refractivity contribution in [1.82, 2.24) is 0 Å². The van der Waals surface area contributed by atoms with E-state index in [4.69, 9.17) is 22.1 Å². The van der Waals surface area contributed by atoms with Crippen LogP contribution in [0.5, 0.6) is 0 Å². The number of rotatable bonds is 4. The van der Waals surface area contributed by atoms with Gasteiger partial charge in [-0.3, -0.25) is 0 Å². The summed E-state index contributed by atoms with van der Waals surface area (Å²) in [5.74, 6) is 0. The Hall–Kier alpha value is -0.830. The van der Waals surface area contributed by atoms with Crippen molar-refractivity contribution in [3.8, 4) is 0 Å². The Bertz CT molecular complexity index is 323. The standard InChI is InChI=1S/C11H14ClNO/c1-14-8-10-7-11(12)5-4-9(10)3-2-6-13/h2-5,7H,6,8,13H2,1H3/b3-2+. The Morgan fingerprint density at radius 1 is 1.50 bits per heavy atom. The molecule has 0 aliphatic carbocycles. The third kappa shape index (κ3) is 3.14. The molecular formula is C11H14ClNO. The predicted octanol–water partition coefficient (Wildman–Crippen LogP) is 2.46. The van der Waals surface area contributed by atoms with Crippen LogP contribution >= 0.6 is 11.6 Å². The van der Waals surface area contributed by atoms with Gasteiger partial charge in [-0.15, -0.1) is 0 Å². The van der Waals surface area contributed by atoms with Crippen LogP contribution in [0, 0.1) is 0 Å². The van der Waals surface area contributed by atoms with Crippen molar-refractivity contribution in [2.24, 2.45) is 5.73 Å². The van der Waals surface area contributed by atoms with Crippen LogP contribution in [0.1, 0.15) is 11.1 Å². The summed E-state index contributed by atoms with van der Waals surface area (Å²) in [5, 5.41) is 0.724. The minimum atomic E-state index is 0.537. The first kappa shape index (κ1) is 11.2. The first-order valence-electron chi connectivity index (χ1n) is 4.42. The summed E-state index contributed by atoms with van der Waals surface area (Å²) in [6.45, 7) is 1.10. The molecule has 0 amide bonds. The second kappa shape index (κ2) is 5.81. The summed E-state index contributed by atoms with van der Waals surface area (Å²) >= 11 is 5.88. The van der Waals surface area contributed by atoms with Crippen LogP contribution in [0.25, 0.3) is 6.08 Å². The van der Waals surface area contributed by atoms with E-state index < -0.39 is 0 Å². The Morgan fingerprint density at radius 2 is 2.29 bits per heavy atom. The minimum absolute atomic E-state index is 0.537. The van der Waals surface area contributed by atoms with Crippen molar-refractivity contribution in [1.29, 1.82) is 0 Å². The smallest absolute Gasteiger partial charge is 0.0719 e. The van der Waals surface area contributed by atoms with Crippen LogP contribution in [0.3, 0.4) is 0 Å². The van der Waals surface area contributed by atoms with E-state index in [9.17, 15) is 0 Å². The normalized spacial score (nSPS) is 11.1. The Balaban J connectivity index is 2.95. The first-order valence-corrected chi connectivity index (χ1v) is 4.79. The summed E-state index contributed by atoms with van der Waals surface area (Å²) in [6, 6.07) is 5.72. The summed E-state index contributed by atoms with van der Waals surface area (Å²) in [4.78, 5) is 0. The lowest BCUT2D eigenvalue weighted by Gasteiger charge is -2.05. The molecule has 1 rings (SSSR count). The van der Waals surface area contributed by atoms with Crippen LogP contribution in [0.15, 0.2) is 24.3 Å². The largest absolute Gasteiger partial charge is 0.380 e. The van der Waals surface area contributed by atoms with Gasteiger partial charge < -0.3 is 10.5 Å². The number of hydrogen-bond acceptors (Lipinski definition) is 2. The van der Waals surface area contributed by atoms with Crippen LogP contribution in [-0.4, -0.2) is 13.7 Å². The maximum atomic E-state index is 5.88. The molecule has 0 heterocycles. The van der Waals surface area contributed by atoms with Gasteiger partial charge in [0.05, 0.1) is 6.61 Å². The number of ether oxygens (including phenoxy) is 1. The SMILES string of the molecule is COCc1cc(Cl)ccc1/C=C/CN. The molecule has 0 saturated carbocycles. The average molecular weight is 212 g/mol. The van der Waals surface area contributed by atoms with E-state index in [1.54, 1.807) is 7.11 Å². The van der Waals surface area contributed by atoms with E-state index in [2.05, 4.69) is 0 Å². The summed E-state index contributed by atoms with van der Waals surface area (Å²) in [7, 11) is 1.66. The third-order valence-corrected chi connectivity index (χ3v) is 2.07. The van der Waals surface area contributed by atoms with Crippen molar-refractivity contribution < 1.29 is 4.74 Å². The van der Waals surface area contributed by atoms with Crippen LogP contribution in [0.2, 0.25) is 5.02 Å². The second-order valence-electron chi connectivity index (χ2n) is 2.91. The predicted molar refractivity (Wildman–Crippen MR) is 60.3 cm³/mol. The molecule has 0 fully saturated rings. The maximum Gasteiger partial charge on any atom is 0.0719 e. The van der Waals surface area contributed by atoms with Crippen molar-refractivity contribution in [3.05, 3.63) is 40.4 Å². The fourth-order valence-electron chi connectivity index (χ4n) is 1.21. The second-order valence-corrected chi connectivity index (χ2v) is 3.35. The van der Waals surface area contributed by atoms with Gasteiger partial charge in [-0.25, -0.2) is 0 Å². The summed E-state index contributed by atoms with van der Waals surface area (Å²) in [6.07, 6.45) is 3.88. The zero-order valence-corrected chi connectivity index (χ0v) is 8.92. The maximum absolute atomic E-state index is 5.88. The third-order valence-electron chi connectivity index (χ3n) is 1.84. The lowest BCUT2D eigenvalue weighted by atomic mass is 10.1. The highest BCUT2D eigenvalue weighted by Crippen LogP contribution is 2.18. The topological polar surface area (TPSA) is 35.2 Å². The highest BCUT2D eigenvalue weighted by atomic mass is 35.5. The van der Waals surface area contributed by atoms with Crippen LogP contribution < -0.4 is 5.73 Å². The Kier molecular flexibility index (Phi) is 4.66. The Labute approximate surface area is 89.3 Å². The molecule has 0 radical (unpaired) electrons. The minimum Gasteiger partial charge on any atom is -0.380 e. The molecule has 0 unspecified atom stereocenters. The van der Waals surface area contributed by atoms with Crippen molar-refractivity contribution in [3.63, 3.8) is 0 Å². The van der Waals surface area contributed by atoms with Gasteiger partial charge in [0.1, 0.15) is 0 Å². The van der Waals surface area contributed by atoms with Crippen molar-refractivity contribution in [2.75, 3.05) is 13.7 Å². The molecule has 0 bridgehead atoms. The molecule has 1 aromatic carbocycles. The van der Waals surface area contributed by atoms with Gasteiger partial charge in [-0.05, 0) is 23.3 Å². The van der Waals surface area contributed by atoms with E-state index in [1.807, 2.05) is 30.4 Å². The molecule has 3 heteroatoms. The van der Waals surface area contributed by atoms with Crippen molar-refractivity contribution >= 4 is 17.7 Å². The molecule has 2 nitrogen and oxygen atoms in total. The zero-order chi connectivity index (χ0) is 10.4. The summed E-state index contributed by atoms with van der Waals surface area (Å²) in [5.41, 5.74) is 7.56. The average Bonchev–Trinajstić information content (AvgIpc) is 2.17. The quantitative estimate of drug-likeness (QED) is 0.831. The van der Waals surface area contributed by atoms with Gasteiger partial charge in [0.2, 0.25) is 0 Å². The van der Waals surface area contributed by atoms with Crippen LogP contribution in [-0.2, 0) is 11.3 Å². The number of hydrogen-bond donors (Lipinski definition) is 1. The van der Waals surface area contributed by atoms with Crippen LogP contribution in [0.4, 0.5) is 0 Å². The first-order chi connectivity index (χ1) is 6.77. The van der Waals surface area contributed by atoms with E-state index in [0.29, 0.717) is 13.2 Å². The van der Waals surface area contributed by atoms with Gasteiger partial charge in [0.15, 0.2) is 0 Å².